The Morgan fingerprint density at radius 2 is 2.07 bits per heavy atom. The summed E-state index contributed by atoms with van der Waals surface area (Å²) in [6, 6.07) is 0.0620. The Hall–Kier alpha value is -0.410. The SMILES string of the molecule is CC(C)OCC(=O)C1CCCCC1N. The van der Waals surface area contributed by atoms with Crippen molar-refractivity contribution in [3.63, 3.8) is 0 Å². The molecule has 0 radical (unpaired) electrons. The van der Waals surface area contributed by atoms with Gasteiger partial charge in [0.25, 0.3) is 0 Å². The maximum atomic E-state index is 11.7. The van der Waals surface area contributed by atoms with Gasteiger partial charge in [-0.25, -0.2) is 0 Å². The van der Waals surface area contributed by atoms with Crippen LogP contribution in [0.15, 0.2) is 0 Å². The second kappa shape index (κ2) is 5.47. The zero-order valence-corrected chi connectivity index (χ0v) is 9.16. The second-order valence-corrected chi connectivity index (χ2v) is 4.38. The third kappa shape index (κ3) is 3.39. The van der Waals surface area contributed by atoms with Gasteiger partial charge in [-0.3, -0.25) is 4.79 Å². The second-order valence-electron chi connectivity index (χ2n) is 4.38. The monoisotopic (exact) mass is 199 g/mol. The van der Waals surface area contributed by atoms with E-state index < -0.39 is 0 Å². The Kier molecular flexibility index (Phi) is 4.55. The number of Topliss-reactive ketones (excluding diaryl/α,β-unsaturated/α-hetero) is 1. The summed E-state index contributed by atoms with van der Waals surface area (Å²) in [5.41, 5.74) is 5.91. The normalized spacial score (nSPS) is 28.0. The largest absolute Gasteiger partial charge is 0.371 e. The molecular weight excluding hydrogens is 178 g/mol. The van der Waals surface area contributed by atoms with E-state index in [9.17, 15) is 4.79 Å². The molecule has 0 aromatic heterocycles. The lowest BCUT2D eigenvalue weighted by molar-refractivity contribution is -0.130. The molecule has 14 heavy (non-hydrogen) atoms. The molecule has 1 saturated carbocycles. The molecule has 2 unspecified atom stereocenters. The van der Waals surface area contributed by atoms with E-state index in [-0.39, 0.29) is 30.5 Å². The minimum atomic E-state index is 0.0440. The summed E-state index contributed by atoms with van der Waals surface area (Å²) in [6.07, 6.45) is 4.35. The quantitative estimate of drug-likeness (QED) is 0.746. The van der Waals surface area contributed by atoms with Crippen LogP contribution in [0.5, 0.6) is 0 Å². The molecule has 0 heterocycles. The molecule has 1 aliphatic rings. The number of carbonyl (C=O) groups is 1. The molecule has 3 nitrogen and oxygen atoms in total. The minimum Gasteiger partial charge on any atom is -0.371 e. The van der Waals surface area contributed by atoms with Crippen molar-refractivity contribution in [2.45, 2.75) is 51.7 Å². The van der Waals surface area contributed by atoms with Crippen molar-refractivity contribution in [1.82, 2.24) is 0 Å². The summed E-state index contributed by atoms with van der Waals surface area (Å²) >= 11 is 0. The van der Waals surface area contributed by atoms with Crippen molar-refractivity contribution >= 4 is 5.78 Å². The molecule has 2 N–H and O–H groups in total. The van der Waals surface area contributed by atoms with E-state index in [4.69, 9.17) is 10.5 Å². The molecule has 3 heteroatoms. The first-order chi connectivity index (χ1) is 6.61. The topological polar surface area (TPSA) is 52.3 Å². The molecule has 0 aromatic rings. The lowest BCUT2D eigenvalue weighted by Crippen LogP contribution is -2.39. The van der Waals surface area contributed by atoms with Gasteiger partial charge in [0.1, 0.15) is 6.61 Å². The highest BCUT2D eigenvalue weighted by Crippen LogP contribution is 2.23. The van der Waals surface area contributed by atoms with Gasteiger partial charge in [-0.2, -0.15) is 0 Å². The van der Waals surface area contributed by atoms with E-state index in [1.807, 2.05) is 13.8 Å². The van der Waals surface area contributed by atoms with Crippen LogP contribution in [0, 0.1) is 5.92 Å². The summed E-state index contributed by atoms with van der Waals surface area (Å²) < 4.78 is 5.30. The number of ketones is 1. The Bertz CT molecular complexity index is 192. The van der Waals surface area contributed by atoms with E-state index in [0.717, 1.165) is 25.7 Å². The number of ether oxygens (including phenoxy) is 1. The van der Waals surface area contributed by atoms with Gasteiger partial charge < -0.3 is 10.5 Å². The standard InChI is InChI=1S/C11H21NO2/c1-8(2)14-7-11(13)9-5-3-4-6-10(9)12/h8-10H,3-7,12H2,1-2H3. The van der Waals surface area contributed by atoms with Crippen molar-refractivity contribution in [2.24, 2.45) is 11.7 Å². The van der Waals surface area contributed by atoms with Crippen LogP contribution in [0.1, 0.15) is 39.5 Å². The van der Waals surface area contributed by atoms with Gasteiger partial charge in [0.15, 0.2) is 5.78 Å². The highest BCUT2D eigenvalue weighted by Gasteiger charge is 2.27. The van der Waals surface area contributed by atoms with Gasteiger partial charge in [0, 0.05) is 12.0 Å². The van der Waals surface area contributed by atoms with E-state index in [1.54, 1.807) is 0 Å². The molecule has 0 amide bonds. The summed E-state index contributed by atoms with van der Waals surface area (Å²) in [4.78, 5) is 11.7. The zero-order valence-electron chi connectivity index (χ0n) is 9.16. The predicted molar refractivity (Wildman–Crippen MR) is 56.0 cm³/mol. The molecule has 1 fully saturated rings. The van der Waals surface area contributed by atoms with Gasteiger partial charge in [0.05, 0.1) is 6.10 Å². The van der Waals surface area contributed by atoms with Crippen molar-refractivity contribution in [2.75, 3.05) is 6.61 Å². The molecule has 2 atom stereocenters. The molecule has 1 aliphatic carbocycles. The predicted octanol–water partition coefficient (Wildman–Crippen LogP) is 1.50. The van der Waals surface area contributed by atoms with Crippen molar-refractivity contribution in [1.29, 1.82) is 0 Å². The number of rotatable bonds is 4. The molecule has 0 saturated heterocycles. The van der Waals surface area contributed by atoms with E-state index in [0.29, 0.717) is 0 Å². The summed E-state index contributed by atoms with van der Waals surface area (Å²) in [6.45, 7) is 4.11. The molecule has 0 spiro atoms. The Labute approximate surface area is 86.0 Å². The molecule has 0 aliphatic heterocycles. The van der Waals surface area contributed by atoms with Crippen molar-refractivity contribution in [3.05, 3.63) is 0 Å². The summed E-state index contributed by atoms with van der Waals surface area (Å²) in [7, 11) is 0. The zero-order chi connectivity index (χ0) is 10.6. The first kappa shape index (κ1) is 11.7. The van der Waals surface area contributed by atoms with Gasteiger partial charge in [-0.15, -0.1) is 0 Å². The highest BCUT2D eigenvalue weighted by atomic mass is 16.5. The van der Waals surface area contributed by atoms with Crippen molar-refractivity contribution in [3.8, 4) is 0 Å². The number of hydrogen-bond acceptors (Lipinski definition) is 3. The van der Waals surface area contributed by atoms with Gasteiger partial charge >= 0.3 is 0 Å². The lowest BCUT2D eigenvalue weighted by atomic mass is 9.82. The first-order valence-corrected chi connectivity index (χ1v) is 5.51. The third-order valence-electron chi connectivity index (χ3n) is 2.79. The van der Waals surface area contributed by atoms with Crippen LogP contribution in [-0.4, -0.2) is 24.5 Å². The van der Waals surface area contributed by atoms with Gasteiger partial charge in [-0.05, 0) is 26.7 Å². The lowest BCUT2D eigenvalue weighted by Gasteiger charge is -2.27. The van der Waals surface area contributed by atoms with Crippen LogP contribution in [0.2, 0.25) is 0 Å². The maximum absolute atomic E-state index is 11.7. The van der Waals surface area contributed by atoms with Crippen LogP contribution in [0.3, 0.4) is 0 Å². The fourth-order valence-corrected chi connectivity index (χ4v) is 1.92. The fourth-order valence-electron chi connectivity index (χ4n) is 1.92. The van der Waals surface area contributed by atoms with Gasteiger partial charge in [-0.1, -0.05) is 12.8 Å². The smallest absolute Gasteiger partial charge is 0.163 e. The average molecular weight is 199 g/mol. The minimum absolute atomic E-state index is 0.0440. The first-order valence-electron chi connectivity index (χ1n) is 5.51. The maximum Gasteiger partial charge on any atom is 0.163 e. The molecular formula is C11H21NO2. The fraction of sp³-hybridized carbons (Fsp3) is 0.909. The van der Waals surface area contributed by atoms with E-state index in [2.05, 4.69) is 0 Å². The number of nitrogens with two attached hydrogens (primary N) is 1. The highest BCUT2D eigenvalue weighted by molar-refractivity contribution is 5.83. The van der Waals surface area contributed by atoms with E-state index in [1.165, 1.54) is 0 Å². The Balaban J connectivity index is 2.34. The van der Waals surface area contributed by atoms with Crippen LogP contribution in [0.25, 0.3) is 0 Å². The molecule has 0 aromatic carbocycles. The molecule has 0 bridgehead atoms. The Morgan fingerprint density at radius 3 is 2.64 bits per heavy atom. The van der Waals surface area contributed by atoms with Crippen molar-refractivity contribution < 1.29 is 9.53 Å². The van der Waals surface area contributed by atoms with Crippen LogP contribution >= 0.6 is 0 Å². The summed E-state index contributed by atoms with van der Waals surface area (Å²) in [5, 5.41) is 0. The molecule has 82 valence electrons. The molecule has 1 rings (SSSR count). The van der Waals surface area contributed by atoms with Crippen LogP contribution in [-0.2, 0) is 9.53 Å². The van der Waals surface area contributed by atoms with Crippen LogP contribution in [0.4, 0.5) is 0 Å². The number of hydrogen-bond donors (Lipinski definition) is 1. The van der Waals surface area contributed by atoms with Crippen LogP contribution < -0.4 is 5.73 Å². The third-order valence-corrected chi connectivity index (χ3v) is 2.79. The Morgan fingerprint density at radius 1 is 1.43 bits per heavy atom. The van der Waals surface area contributed by atoms with E-state index >= 15 is 0 Å². The summed E-state index contributed by atoms with van der Waals surface area (Å²) in [5.74, 6) is 0.230. The number of carbonyl (C=O) groups excluding carboxylic acids is 1. The average Bonchev–Trinajstić information content (AvgIpc) is 2.15. The van der Waals surface area contributed by atoms with Gasteiger partial charge in [0.2, 0.25) is 0 Å².